The van der Waals surface area contributed by atoms with Gasteiger partial charge < -0.3 is 20.5 Å². The maximum absolute atomic E-state index is 10.4. The summed E-state index contributed by atoms with van der Waals surface area (Å²) in [7, 11) is 1.63. The summed E-state index contributed by atoms with van der Waals surface area (Å²) >= 11 is 0. The van der Waals surface area contributed by atoms with Crippen molar-refractivity contribution in [1.82, 2.24) is 29.4 Å². The van der Waals surface area contributed by atoms with Gasteiger partial charge in [-0.1, -0.05) is 0 Å². The molecule has 0 saturated carbocycles. The van der Waals surface area contributed by atoms with E-state index in [1.807, 2.05) is 42.2 Å². The molecule has 3 aromatic heterocycles. The molecule has 0 spiro atoms. The van der Waals surface area contributed by atoms with E-state index in [0.717, 1.165) is 47.6 Å². The van der Waals surface area contributed by atoms with Crippen LogP contribution < -0.4 is 15.4 Å². The van der Waals surface area contributed by atoms with Crippen LogP contribution in [0.1, 0.15) is 58.3 Å². The number of nitrogen functional groups attached to an aromatic ring is 1. The molecule has 34 heavy (non-hydrogen) atoms. The second-order valence-corrected chi connectivity index (χ2v) is 9.84. The summed E-state index contributed by atoms with van der Waals surface area (Å²) in [6.45, 7) is 8.58. The number of benzene rings is 1. The van der Waals surface area contributed by atoms with Crippen molar-refractivity contribution in [3.8, 4) is 5.75 Å². The van der Waals surface area contributed by atoms with Crippen LogP contribution in [0.5, 0.6) is 5.75 Å². The maximum Gasteiger partial charge on any atom is 0.223 e. The van der Waals surface area contributed by atoms with E-state index < -0.39 is 5.60 Å². The van der Waals surface area contributed by atoms with Crippen LogP contribution >= 0.6 is 0 Å². The number of nitrogens with two attached hydrogens (primary N) is 1. The van der Waals surface area contributed by atoms with Gasteiger partial charge in [0.1, 0.15) is 5.75 Å². The van der Waals surface area contributed by atoms with Crippen molar-refractivity contribution in [3.63, 3.8) is 0 Å². The molecule has 1 unspecified atom stereocenters. The van der Waals surface area contributed by atoms with Crippen LogP contribution in [0.4, 0.5) is 11.6 Å². The van der Waals surface area contributed by atoms with Crippen molar-refractivity contribution in [2.24, 2.45) is 0 Å². The Balaban J connectivity index is 1.46. The molecule has 4 aromatic rings. The predicted octanol–water partition coefficient (Wildman–Crippen LogP) is 3.17. The number of aromatic nitrogens is 6. The van der Waals surface area contributed by atoms with Crippen molar-refractivity contribution < 1.29 is 9.84 Å². The third-order valence-electron chi connectivity index (χ3n) is 7.11. The first kappa shape index (κ1) is 22.4. The molecule has 0 amide bonds. The Kier molecular flexibility index (Phi) is 5.35. The summed E-state index contributed by atoms with van der Waals surface area (Å²) in [4.78, 5) is 11.8. The fourth-order valence-corrected chi connectivity index (χ4v) is 4.62. The van der Waals surface area contributed by atoms with Crippen LogP contribution in [0.2, 0.25) is 0 Å². The van der Waals surface area contributed by atoms with Gasteiger partial charge in [-0.25, -0.2) is 9.97 Å². The zero-order chi connectivity index (χ0) is 24.2. The van der Waals surface area contributed by atoms with Gasteiger partial charge in [0, 0.05) is 36.2 Å². The number of fused-ring (bicyclic) bond motifs is 3. The van der Waals surface area contributed by atoms with Gasteiger partial charge in [0.15, 0.2) is 11.5 Å². The predicted molar refractivity (Wildman–Crippen MR) is 131 cm³/mol. The van der Waals surface area contributed by atoms with Crippen molar-refractivity contribution in [2.45, 2.75) is 64.1 Å². The minimum atomic E-state index is -0.861. The standard InChI is InChI=1S/C24H32N8O2/c1-14-6-7-16(12-30(14)17-11-26-31(13-17)15(2)24(3,4)33)21-28-22-19-9-8-18(34-5)10-20(19)27-23(25)32(22)29-21/h8-11,13-16,33H,6-7,12H2,1-5H3,(H2,25,27)/t14-,15?,16+/m1/s1. The van der Waals surface area contributed by atoms with E-state index in [1.165, 1.54) is 0 Å². The number of hydrogen-bond acceptors (Lipinski definition) is 8. The quantitative estimate of drug-likeness (QED) is 0.462. The number of piperidine rings is 1. The topological polar surface area (TPSA) is 120 Å². The van der Waals surface area contributed by atoms with Gasteiger partial charge in [0.25, 0.3) is 0 Å². The van der Waals surface area contributed by atoms with E-state index in [-0.39, 0.29) is 12.0 Å². The zero-order valence-corrected chi connectivity index (χ0v) is 20.3. The van der Waals surface area contributed by atoms with Crippen molar-refractivity contribution in [2.75, 3.05) is 24.3 Å². The van der Waals surface area contributed by atoms with Gasteiger partial charge in [-0.05, 0) is 52.7 Å². The van der Waals surface area contributed by atoms with E-state index in [0.29, 0.717) is 17.6 Å². The van der Waals surface area contributed by atoms with Gasteiger partial charge in [-0.3, -0.25) is 4.68 Å². The average Bonchev–Trinajstić information content (AvgIpc) is 3.46. The molecule has 4 heterocycles. The van der Waals surface area contributed by atoms with Gasteiger partial charge in [-0.15, -0.1) is 5.10 Å². The van der Waals surface area contributed by atoms with Crippen LogP contribution in [-0.4, -0.2) is 59.8 Å². The molecule has 10 heteroatoms. The normalized spacial score (nSPS) is 20.2. The average molecular weight is 465 g/mol. The lowest BCUT2D eigenvalue weighted by molar-refractivity contribution is 0.0258. The Labute approximate surface area is 198 Å². The number of rotatable bonds is 5. The summed E-state index contributed by atoms with van der Waals surface area (Å²) < 4.78 is 8.79. The van der Waals surface area contributed by atoms with E-state index in [2.05, 4.69) is 21.9 Å². The van der Waals surface area contributed by atoms with Gasteiger partial charge >= 0.3 is 0 Å². The molecule has 1 saturated heterocycles. The van der Waals surface area contributed by atoms with Crippen LogP contribution in [0.25, 0.3) is 16.6 Å². The first-order valence-corrected chi connectivity index (χ1v) is 11.7. The molecule has 0 bridgehead atoms. The molecule has 1 fully saturated rings. The first-order valence-electron chi connectivity index (χ1n) is 11.7. The molecule has 3 N–H and O–H groups in total. The first-order chi connectivity index (χ1) is 16.2. The molecule has 10 nitrogen and oxygen atoms in total. The van der Waals surface area contributed by atoms with Gasteiger partial charge in [0.05, 0.1) is 36.2 Å². The van der Waals surface area contributed by atoms with Crippen LogP contribution in [0.3, 0.4) is 0 Å². The van der Waals surface area contributed by atoms with Gasteiger partial charge in [0.2, 0.25) is 5.95 Å². The minimum absolute atomic E-state index is 0.139. The van der Waals surface area contributed by atoms with Gasteiger partial charge in [-0.2, -0.15) is 9.61 Å². The fraction of sp³-hybridized carbons (Fsp3) is 0.500. The monoisotopic (exact) mass is 464 g/mol. The number of methoxy groups -OCH3 is 1. The number of ether oxygens (including phenoxy) is 1. The van der Waals surface area contributed by atoms with Crippen molar-refractivity contribution >= 4 is 28.2 Å². The third-order valence-corrected chi connectivity index (χ3v) is 7.11. The summed E-state index contributed by atoms with van der Waals surface area (Å²) in [5, 5.41) is 20.6. The molecular formula is C24H32N8O2. The Morgan fingerprint density at radius 3 is 2.76 bits per heavy atom. The van der Waals surface area contributed by atoms with Crippen molar-refractivity contribution in [1.29, 1.82) is 0 Å². The molecule has 180 valence electrons. The SMILES string of the molecule is COc1ccc2c(c1)nc(N)n1nc([C@H]3CC[C@@H](C)N(c4cnn(C(C)C(C)(C)O)c4)C3)nc21. The van der Waals surface area contributed by atoms with Crippen LogP contribution in [0.15, 0.2) is 30.6 Å². The van der Waals surface area contributed by atoms with E-state index >= 15 is 0 Å². The lowest BCUT2D eigenvalue weighted by Gasteiger charge is -2.38. The molecule has 1 aromatic carbocycles. The molecule has 3 atom stereocenters. The Bertz CT molecular complexity index is 1340. The number of hydrogen-bond donors (Lipinski definition) is 2. The second-order valence-electron chi connectivity index (χ2n) is 9.84. The number of aliphatic hydroxyl groups is 1. The summed E-state index contributed by atoms with van der Waals surface area (Å²) in [6.07, 6.45) is 5.89. The third kappa shape index (κ3) is 3.81. The van der Waals surface area contributed by atoms with E-state index in [1.54, 1.807) is 25.5 Å². The summed E-state index contributed by atoms with van der Waals surface area (Å²) in [5.41, 5.74) is 7.84. The minimum Gasteiger partial charge on any atom is -0.497 e. The van der Waals surface area contributed by atoms with Crippen molar-refractivity contribution in [3.05, 3.63) is 36.4 Å². The molecule has 0 aliphatic carbocycles. The smallest absolute Gasteiger partial charge is 0.223 e. The van der Waals surface area contributed by atoms with E-state index in [4.69, 9.17) is 20.6 Å². The highest BCUT2D eigenvalue weighted by molar-refractivity contribution is 5.93. The molecule has 0 radical (unpaired) electrons. The second kappa shape index (κ2) is 8.12. The molecule has 1 aliphatic rings. The lowest BCUT2D eigenvalue weighted by atomic mass is 9.92. The summed E-state index contributed by atoms with van der Waals surface area (Å²) in [6, 6.07) is 5.92. The molecule has 1 aliphatic heterocycles. The van der Waals surface area contributed by atoms with E-state index in [9.17, 15) is 5.11 Å². The lowest BCUT2D eigenvalue weighted by Crippen LogP contribution is -2.41. The Hall–Kier alpha value is -3.40. The molecule has 5 rings (SSSR count). The largest absolute Gasteiger partial charge is 0.497 e. The zero-order valence-electron chi connectivity index (χ0n) is 20.3. The maximum atomic E-state index is 10.4. The molecular weight excluding hydrogens is 432 g/mol. The fourth-order valence-electron chi connectivity index (χ4n) is 4.62. The highest BCUT2D eigenvalue weighted by Crippen LogP contribution is 2.34. The number of nitrogens with zero attached hydrogens (tertiary/aromatic N) is 7. The summed E-state index contributed by atoms with van der Waals surface area (Å²) in [5.74, 6) is 1.95. The Morgan fingerprint density at radius 2 is 2.03 bits per heavy atom. The van der Waals surface area contributed by atoms with Crippen LogP contribution in [0, 0.1) is 0 Å². The Morgan fingerprint density at radius 1 is 1.24 bits per heavy atom. The number of anilines is 2. The highest BCUT2D eigenvalue weighted by Gasteiger charge is 2.31. The highest BCUT2D eigenvalue weighted by atomic mass is 16.5. The van der Waals surface area contributed by atoms with Crippen LogP contribution in [-0.2, 0) is 0 Å².